The zero-order valence-electron chi connectivity index (χ0n) is 12.9. The lowest BCUT2D eigenvalue weighted by Gasteiger charge is -2.29. The Bertz CT molecular complexity index is 460. The van der Waals surface area contributed by atoms with E-state index >= 15 is 0 Å². The van der Waals surface area contributed by atoms with Gasteiger partial charge in [0.25, 0.3) is 5.91 Å². The molecule has 1 saturated heterocycles. The standard InChI is InChI=1S/C16H24N2O3/c1-13(2)18(16(20)14-7-10-21-12-14)11-15(19)17-8-5-3-4-6-9-17/h7,10,12-13H,3-6,8-9,11H2,1-2H3. The molecule has 0 saturated carbocycles. The third-order valence-electron chi connectivity index (χ3n) is 3.92. The molecule has 116 valence electrons. The first-order chi connectivity index (χ1) is 10.1. The molecule has 1 aliphatic heterocycles. The molecular formula is C16H24N2O3. The maximum absolute atomic E-state index is 12.4. The zero-order chi connectivity index (χ0) is 15.2. The predicted octanol–water partition coefficient (Wildman–Crippen LogP) is 2.53. The normalized spacial score (nSPS) is 15.9. The second-order valence-corrected chi connectivity index (χ2v) is 5.83. The number of nitrogens with zero attached hydrogens (tertiary/aromatic N) is 2. The van der Waals surface area contributed by atoms with E-state index in [2.05, 4.69) is 0 Å². The Balaban J connectivity index is 2.02. The van der Waals surface area contributed by atoms with Crippen molar-refractivity contribution in [3.05, 3.63) is 24.2 Å². The van der Waals surface area contributed by atoms with Gasteiger partial charge in [-0.3, -0.25) is 9.59 Å². The number of furan rings is 1. The first-order valence-corrected chi connectivity index (χ1v) is 7.70. The van der Waals surface area contributed by atoms with E-state index in [9.17, 15) is 9.59 Å². The highest BCUT2D eigenvalue weighted by molar-refractivity contribution is 5.96. The topological polar surface area (TPSA) is 53.8 Å². The van der Waals surface area contributed by atoms with Gasteiger partial charge in [-0.2, -0.15) is 0 Å². The molecule has 5 nitrogen and oxygen atoms in total. The molecule has 0 aromatic carbocycles. The molecule has 0 bridgehead atoms. The smallest absolute Gasteiger partial charge is 0.257 e. The van der Waals surface area contributed by atoms with Crippen molar-refractivity contribution in [2.75, 3.05) is 19.6 Å². The second-order valence-electron chi connectivity index (χ2n) is 5.83. The Morgan fingerprint density at radius 3 is 2.43 bits per heavy atom. The number of hydrogen-bond donors (Lipinski definition) is 0. The van der Waals surface area contributed by atoms with E-state index in [1.807, 2.05) is 18.7 Å². The molecule has 1 aromatic rings. The molecule has 1 aromatic heterocycles. The molecule has 0 unspecified atom stereocenters. The fourth-order valence-electron chi connectivity index (χ4n) is 2.61. The second kappa shape index (κ2) is 7.29. The molecule has 1 fully saturated rings. The Hall–Kier alpha value is -1.78. The quantitative estimate of drug-likeness (QED) is 0.857. The Morgan fingerprint density at radius 2 is 1.90 bits per heavy atom. The molecule has 0 N–H and O–H groups in total. The highest BCUT2D eigenvalue weighted by Gasteiger charge is 2.25. The lowest BCUT2D eigenvalue weighted by atomic mass is 10.2. The number of likely N-dealkylation sites (tertiary alicyclic amines) is 1. The molecule has 1 aliphatic rings. The third kappa shape index (κ3) is 4.09. The molecule has 21 heavy (non-hydrogen) atoms. The average molecular weight is 292 g/mol. The number of rotatable bonds is 4. The van der Waals surface area contributed by atoms with E-state index in [4.69, 9.17) is 4.42 Å². The fourth-order valence-corrected chi connectivity index (χ4v) is 2.61. The van der Waals surface area contributed by atoms with Crippen LogP contribution in [0.2, 0.25) is 0 Å². The summed E-state index contributed by atoms with van der Waals surface area (Å²) in [4.78, 5) is 28.4. The molecular weight excluding hydrogens is 268 g/mol. The third-order valence-corrected chi connectivity index (χ3v) is 3.92. The Kier molecular flexibility index (Phi) is 5.42. The largest absolute Gasteiger partial charge is 0.472 e. The Morgan fingerprint density at radius 1 is 1.24 bits per heavy atom. The summed E-state index contributed by atoms with van der Waals surface area (Å²) in [7, 11) is 0. The van der Waals surface area contributed by atoms with Crippen molar-refractivity contribution in [2.24, 2.45) is 0 Å². The molecule has 0 atom stereocenters. The molecule has 0 spiro atoms. The highest BCUT2D eigenvalue weighted by atomic mass is 16.3. The van der Waals surface area contributed by atoms with E-state index in [-0.39, 0.29) is 24.4 Å². The summed E-state index contributed by atoms with van der Waals surface area (Å²) in [6.07, 6.45) is 7.39. The maximum atomic E-state index is 12.4. The number of hydrogen-bond acceptors (Lipinski definition) is 3. The van der Waals surface area contributed by atoms with Gasteiger partial charge in [0.05, 0.1) is 11.8 Å². The molecule has 5 heteroatoms. The van der Waals surface area contributed by atoms with Gasteiger partial charge >= 0.3 is 0 Å². The SMILES string of the molecule is CC(C)N(CC(=O)N1CCCCCC1)C(=O)c1ccoc1. The van der Waals surface area contributed by atoms with Crippen LogP contribution < -0.4 is 0 Å². The van der Waals surface area contributed by atoms with Crippen LogP contribution in [0.1, 0.15) is 49.9 Å². The number of carbonyl (C=O) groups excluding carboxylic acids is 2. The number of carbonyl (C=O) groups is 2. The van der Waals surface area contributed by atoms with E-state index < -0.39 is 0 Å². The van der Waals surface area contributed by atoms with Gasteiger partial charge in [-0.25, -0.2) is 0 Å². The van der Waals surface area contributed by atoms with Crippen molar-refractivity contribution >= 4 is 11.8 Å². The molecule has 0 aliphatic carbocycles. The molecule has 2 heterocycles. The molecule has 2 rings (SSSR count). The minimum Gasteiger partial charge on any atom is -0.472 e. The van der Waals surface area contributed by atoms with Crippen LogP contribution in [0.5, 0.6) is 0 Å². The summed E-state index contributed by atoms with van der Waals surface area (Å²) in [6.45, 7) is 5.61. The predicted molar refractivity (Wildman–Crippen MR) is 79.9 cm³/mol. The summed E-state index contributed by atoms with van der Waals surface area (Å²) in [5.74, 6) is -0.107. The van der Waals surface area contributed by atoms with Gasteiger partial charge in [-0.1, -0.05) is 12.8 Å². The van der Waals surface area contributed by atoms with Gasteiger partial charge in [0, 0.05) is 19.1 Å². The van der Waals surface area contributed by atoms with E-state index in [0.29, 0.717) is 5.56 Å². The van der Waals surface area contributed by atoms with Gasteiger partial charge in [-0.15, -0.1) is 0 Å². The minimum atomic E-state index is -0.151. The van der Waals surface area contributed by atoms with Gasteiger partial charge < -0.3 is 14.2 Å². The van der Waals surface area contributed by atoms with Crippen molar-refractivity contribution in [2.45, 2.75) is 45.6 Å². The van der Waals surface area contributed by atoms with Crippen molar-refractivity contribution < 1.29 is 14.0 Å². The van der Waals surface area contributed by atoms with E-state index in [1.165, 1.54) is 25.4 Å². The summed E-state index contributed by atoms with van der Waals surface area (Å²) in [5, 5.41) is 0. The van der Waals surface area contributed by atoms with Crippen LogP contribution in [0.25, 0.3) is 0 Å². The monoisotopic (exact) mass is 292 g/mol. The van der Waals surface area contributed by atoms with Crippen LogP contribution in [0.3, 0.4) is 0 Å². The number of amides is 2. The molecule has 2 amide bonds. The summed E-state index contributed by atoms with van der Waals surface area (Å²) in [5.41, 5.74) is 0.493. The highest BCUT2D eigenvalue weighted by Crippen LogP contribution is 2.13. The zero-order valence-corrected chi connectivity index (χ0v) is 12.9. The first kappa shape index (κ1) is 15.6. The minimum absolute atomic E-state index is 0.0247. The van der Waals surface area contributed by atoms with Crippen molar-refractivity contribution in [1.29, 1.82) is 0 Å². The Labute approximate surface area is 125 Å². The summed E-state index contributed by atoms with van der Waals surface area (Å²) < 4.78 is 4.96. The van der Waals surface area contributed by atoms with Gasteiger partial charge in [0.2, 0.25) is 5.91 Å². The van der Waals surface area contributed by atoms with Crippen LogP contribution in [0, 0.1) is 0 Å². The van der Waals surface area contributed by atoms with Gasteiger partial charge in [0.15, 0.2) is 0 Å². The van der Waals surface area contributed by atoms with E-state index in [0.717, 1.165) is 25.9 Å². The summed E-state index contributed by atoms with van der Waals surface area (Å²) >= 11 is 0. The van der Waals surface area contributed by atoms with Crippen molar-refractivity contribution in [3.63, 3.8) is 0 Å². The first-order valence-electron chi connectivity index (χ1n) is 7.70. The van der Waals surface area contributed by atoms with Crippen molar-refractivity contribution in [1.82, 2.24) is 9.80 Å². The van der Waals surface area contributed by atoms with Crippen LogP contribution in [0.4, 0.5) is 0 Å². The van der Waals surface area contributed by atoms with Gasteiger partial charge in [-0.05, 0) is 32.8 Å². The van der Waals surface area contributed by atoms with Crippen LogP contribution in [-0.4, -0.2) is 47.3 Å². The average Bonchev–Trinajstić information content (AvgIpc) is 2.86. The van der Waals surface area contributed by atoms with E-state index in [1.54, 1.807) is 11.0 Å². The lowest BCUT2D eigenvalue weighted by molar-refractivity contribution is -0.132. The maximum Gasteiger partial charge on any atom is 0.257 e. The van der Waals surface area contributed by atoms with Crippen molar-refractivity contribution in [3.8, 4) is 0 Å². The molecule has 0 radical (unpaired) electrons. The van der Waals surface area contributed by atoms with Crippen LogP contribution >= 0.6 is 0 Å². The summed E-state index contributed by atoms with van der Waals surface area (Å²) in [6, 6.07) is 1.61. The van der Waals surface area contributed by atoms with Crippen LogP contribution in [-0.2, 0) is 4.79 Å². The lowest BCUT2D eigenvalue weighted by Crippen LogP contribution is -2.46. The fraction of sp³-hybridized carbons (Fsp3) is 0.625. The van der Waals surface area contributed by atoms with Crippen LogP contribution in [0.15, 0.2) is 23.0 Å². The van der Waals surface area contributed by atoms with Gasteiger partial charge in [0.1, 0.15) is 12.8 Å².